The third-order valence-electron chi connectivity index (χ3n) is 7.74. The van der Waals surface area contributed by atoms with Crippen LogP contribution in [0.1, 0.15) is 31.2 Å². The van der Waals surface area contributed by atoms with Gasteiger partial charge in [0, 0.05) is 36.3 Å². The van der Waals surface area contributed by atoms with Crippen LogP contribution in [-0.2, 0) is 20.7 Å². The standard InChI is InChI=1S/C28H29FN4O3/c29-26-20(15-24(30)34)5-8-22(19-4-3-18-2-1-11-31-23(18)14-19)27(26)32-12-9-28(10-13-32)17-33(21-6-7-21)25(35)16-36-28/h1-5,8,11,14,21H,6-7,9-10,12-13,15-17H2,(H2,30,34). The summed E-state index contributed by atoms with van der Waals surface area (Å²) >= 11 is 0. The van der Waals surface area contributed by atoms with Crippen LogP contribution in [0.15, 0.2) is 48.7 Å². The molecule has 3 aromatic rings. The quantitative estimate of drug-likeness (QED) is 0.595. The van der Waals surface area contributed by atoms with Crippen LogP contribution in [-0.4, -0.2) is 59.6 Å². The molecule has 2 N–H and O–H groups in total. The molecular formula is C28H29FN4O3. The zero-order chi connectivity index (χ0) is 24.9. The van der Waals surface area contributed by atoms with Crippen LogP contribution in [0.5, 0.6) is 0 Å². The molecular weight excluding hydrogens is 459 g/mol. The second-order valence-corrected chi connectivity index (χ2v) is 10.2. The molecule has 1 aliphatic carbocycles. The summed E-state index contributed by atoms with van der Waals surface area (Å²) in [6.07, 6.45) is 5.11. The van der Waals surface area contributed by atoms with E-state index in [1.165, 1.54) is 0 Å². The predicted molar refractivity (Wildman–Crippen MR) is 135 cm³/mol. The lowest BCUT2D eigenvalue weighted by atomic mass is 9.88. The molecule has 186 valence electrons. The van der Waals surface area contributed by atoms with E-state index in [-0.39, 0.29) is 24.5 Å². The second kappa shape index (κ2) is 8.85. The molecule has 2 amide bonds. The molecule has 3 fully saturated rings. The number of rotatable bonds is 5. The Morgan fingerprint density at radius 3 is 2.72 bits per heavy atom. The first-order chi connectivity index (χ1) is 17.4. The van der Waals surface area contributed by atoms with Gasteiger partial charge in [-0.1, -0.05) is 30.3 Å². The van der Waals surface area contributed by atoms with Gasteiger partial charge in [-0.05, 0) is 48.9 Å². The molecule has 0 bridgehead atoms. The zero-order valence-electron chi connectivity index (χ0n) is 20.1. The number of fused-ring (bicyclic) bond motifs is 1. The Balaban J connectivity index is 1.33. The number of piperidine rings is 1. The number of pyridine rings is 1. The molecule has 8 heteroatoms. The number of ether oxygens (including phenoxy) is 1. The van der Waals surface area contributed by atoms with Gasteiger partial charge in [0.05, 0.1) is 29.8 Å². The van der Waals surface area contributed by atoms with E-state index >= 15 is 4.39 Å². The molecule has 2 saturated heterocycles. The Kier molecular flexibility index (Phi) is 5.63. The number of benzene rings is 2. The Labute approximate surface area is 209 Å². The lowest BCUT2D eigenvalue weighted by Crippen LogP contribution is -2.59. The summed E-state index contributed by atoms with van der Waals surface area (Å²) in [5, 5.41) is 1.01. The number of primary amides is 1. The van der Waals surface area contributed by atoms with Crippen LogP contribution < -0.4 is 10.6 Å². The molecule has 2 aliphatic heterocycles. The molecule has 36 heavy (non-hydrogen) atoms. The number of carbonyl (C=O) groups is 2. The third kappa shape index (κ3) is 4.19. The van der Waals surface area contributed by atoms with E-state index in [9.17, 15) is 9.59 Å². The highest BCUT2D eigenvalue weighted by Gasteiger charge is 2.46. The number of nitrogens with two attached hydrogens (primary N) is 1. The van der Waals surface area contributed by atoms with Crippen molar-refractivity contribution in [3.8, 4) is 11.1 Å². The molecule has 3 aliphatic rings. The van der Waals surface area contributed by atoms with Gasteiger partial charge >= 0.3 is 0 Å². The largest absolute Gasteiger partial charge is 0.369 e. The number of aromatic nitrogens is 1. The number of nitrogens with zero attached hydrogens (tertiary/aromatic N) is 3. The molecule has 7 nitrogen and oxygen atoms in total. The summed E-state index contributed by atoms with van der Waals surface area (Å²) in [5.74, 6) is -0.911. The monoisotopic (exact) mass is 488 g/mol. The zero-order valence-corrected chi connectivity index (χ0v) is 20.1. The summed E-state index contributed by atoms with van der Waals surface area (Å²) in [6, 6.07) is 13.7. The van der Waals surface area contributed by atoms with Crippen LogP contribution >= 0.6 is 0 Å². The fraction of sp³-hybridized carbons (Fsp3) is 0.393. The van der Waals surface area contributed by atoms with Crippen LogP contribution in [0.25, 0.3) is 22.0 Å². The maximum absolute atomic E-state index is 16.0. The number of anilines is 1. The molecule has 0 atom stereocenters. The molecule has 3 heterocycles. The Morgan fingerprint density at radius 2 is 1.97 bits per heavy atom. The van der Waals surface area contributed by atoms with Crippen molar-refractivity contribution in [2.45, 2.75) is 43.7 Å². The highest BCUT2D eigenvalue weighted by molar-refractivity contribution is 5.89. The highest BCUT2D eigenvalue weighted by atomic mass is 19.1. The Bertz CT molecular complexity index is 1350. The predicted octanol–water partition coefficient (Wildman–Crippen LogP) is 3.43. The molecule has 0 unspecified atom stereocenters. The fourth-order valence-electron chi connectivity index (χ4n) is 5.61. The lowest BCUT2D eigenvalue weighted by molar-refractivity contribution is -0.168. The fourth-order valence-corrected chi connectivity index (χ4v) is 5.61. The van der Waals surface area contributed by atoms with Gasteiger partial charge in [0.2, 0.25) is 11.8 Å². The van der Waals surface area contributed by atoms with Gasteiger partial charge in [0.25, 0.3) is 0 Å². The molecule has 6 rings (SSSR count). The average molecular weight is 489 g/mol. The molecule has 2 aromatic carbocycles. The average Bonchev–Trinajstić information content (AvgIpc) is 3.72. The van der Waals surface area contributed by atoms with Gasteiger partial charge in [-0.2, -0.15) is 0 Å². The summed E-state index contributed by atoms with van der Waals surface area (Å²) in [4.78, 5) is 32.5. The first kappa shape index (κ1) is 22.9. The van der Waals surface area contributed by atoms with Crippen molar-refractivity contribution in [1.82, 2.24) is 9.88 Å². The Morgan fingerprint density at radius 1 is 1.17 bits per heavy atom. The van der Waals surface area contributed by atoms with Gasteiger partial charge in [0.15, 0.2) is 5.82 Å². The van der Waals surface area contributed by atoms with Crippen molar-refractivity contribution in [3.63, 3.8) is 0 Å². The number of hydrogen-bond donors (Lipinski definition) is 1. The number of halogens is 1. The molecule has 1 spiro atoms. The van der Waals surface area contributed by atoms with Gasteiger partial charge < -0.3 is 20.3 Å². The van der Waals surface area contributed by atoms with Crippen molar-refractivity contribution in [3.05, 3.63) is 60.0 Å². The lowest BCUT2D eigenvalue weighted by Gasteiger charge is -2.48. The van der Waals surface area contributed by atoms with E-state index in [0.29, 0.717) is 49.8 Å². The van der Waals surface area contributed by atoms with Crippen LogP contribution in [0.2, 0.25) is 0 Å². The van der Waals surface area contributed by atoms with Crippen molar-refractivity contribution >= 4 is 28.4 Å². The van der Waals surface area contributed by atoms with Crippen molar-refractivity contribution in [2.75, 3.05) is 31.1 Å². The van der Waals surface area contributed by atoms with Crippen molar-refractivity contribution in [1.29, 1.82) is 0 Å². The maximum Gasteiger partial charge on any atom is 0.248 e. The summed E-state index contributed by atoms with van der Waals surface area (Å²) in [7, 11) is 0. The minimum absolute atomic E-state index is 0.0722. The van der Waals surface area contributed by atoms with Gasteiger partial charge in [-0.15, -0.1) is 0 Å². The van der Waals surface area contributed by atoms with E-state index in [4.69, 9.17) is 10.5 Å². The van der Waals surface area contributed by atoms with E-state index in [0.717, 1.165) is 34.9 Å². The number of morpholine rings is 1. The summed E-state index contributed by atoms with van der Waals surface area (Å²) in [6.45, 7) is 1.90. The van der Waals surface area contributed by atoms with Crippen LogP contribution in [0, 0.1) is 5.82 Å². The van der Waals surface area contributed by atoms with Gasteiger partial charge in [-0.25, -0.2) is 4.39 Å². The van der Waals surface area contributed by atoms with E-state index in [2.05, 4.69) is 4.98 Å². The molecule has 1 aromatic heterocycles. The Hall–Kier alpha value is -3.52. The van der Waals surface area contributed by atoms with Gasteiger partial charge in [-0.3, -0.25) is 14.6 Å². The first-order valence-corrected chi connectivity index (χ1v) is 12.6. The summed E-state index contributed by atoms with van der Waals surface area (Å²) < 4.78 is 22.1. The van der Waals surface area contributed by atoms with E-state index in [1.807, 2.05) is 46.2 Å². The molecule has 1 saturated carbocycles. The molecule has 0 radical (unpaired) electrons. The van der Waals surface area contributed by atoms with Crippen molar-refractivity contribution < 1.29 is 18.7 Å². The topological polar surface area (TPSA) is 88.8 Å². The minimum atomic E-state index is -0.569. The summed E-state index contributed by atoms with van der Waals surface area (Å²) in [5.41, 5.74) is 8.23. The maximum atomic E-state index is 16.0. The number of amides is 2. The first-order valence-electron chi connectivity index (χ1n) is 12.6. The number of hydrogen-bond acceptors (Lipinski definition) is 5. The number of carbonyl (C=O) groups excluding carboxylic acids is 2. The van der Waals surface area contributed by atoms with Crippen LogP contribution in [0.3, 0.4) is 0 Å². The normalized spacial score (nSPS) is 19.8. The van der Waals surface area contributed by atoms with Crippen LogP contribution in [0.4, 0.5) is 10.1 Å². The van der Waals surface area contributed by atoms with Gasteiger partial charge in [0.1, 0.15) is 6.61 Å². The smallest absolute Gasteiger partial charge is 0.248 e. The SMILES string of the molecule is NC(=O)Cc1ccc(-c2ccc3cccnc3c2)c(N2CCC3(CC2)CN(C2CC2)C(=O)CO3)c1F. The second-order valence-electron chi connectivity index (χ2n) is 10.2. The van der Waals surface area contributed by atoms with E-state index in [1.54, 1.807) is 12.3 Å². The third-order valence-corrected chi connectivity index (χ3v) is 7.74. The highest BCUT2D eigenvalue weighted by Crippen LogP contribution is 2.41. The van der Waals surface area contributed by atoms with Crippen molar-refractivity contribution in [2.24, 2.45) is 5.73 Å². The minimum Gasteiger partial charge on any atom is -0.369 e. The van der Waals surface area contributed by atoms with E-state index < -0.39 is 11.7 Å².